The number of benzene rings is 1. The molecule has 1 atom stereocenters. The van der Waals surface area contributed by atoms with E-state index < -0.39 is 0 Å². The lowest BCUT2D eigenvalue weighted by atomic mass is 9.98. The fourth-order valence-corrected chi connectivity index (χ4v) is 3.00. The molecule has 0 amide bonds. The van der Waals surface area contributed by atoms with Crippen molar-refractivity contribution in [1.82, 2.24) is 0 Å². The third-order valence-electron chi connectivity index (χ3n) is 3.49. The van der Waals surface area contributed by atoms with Crippen molar-refractivity contribution in [3.8, 4) is 0 Å². The van der Waals surface area contributed by atoms with Gasteiger partial charge in [0.1, 0.15) is 4.99 Å². The van der Waals surface area contributed by atoms with Crippen molar-refractivity contribution in [3.63, 3.8) is 0 Å². The van der Waals surface area contributed by atoms with Crippen molar-refractivity contribution in [1.29, 1.82) is 0 Å². The standard InChI is InChI=1S/C14H19ClN2OS/c1-18-9-10-3-2-6-17(8-10)13-5-4-11(14(16)19)7-12(13)15/h4-5,7,10H,2-3,6,8-9H2,1H3,(H2,16,19). The lowest BCUT2D eigenvalue weighted by Crippen LogP contribution is -2.37. The Morgan fingerprint density at radius 3 is 3.00 bits per heavy atom. The Hall–Kier alpha value is -0.840. The molecule has 2 rings (SSSR count). The third-order valence-corrected chi connectivity index (χ3v) is 4.03. The molecule has 5 heteroatoms. The Bertz CT molecular complexity index is 465. The van der Waals surface area contributed by atoms with E-state index in [1.807, 2.05) is 18.2 Å². The molecular weight excluding hydrogens is 280 g/mol. The van der Waals surface area contributed by atoms with Crippen LogP contribution in [0.5, 0.6) is 0 Å². The molecule has 3 nitrogen and oxygen atoms in total. The monoisotopic (exact) mass is 298 g/mol. The van der Waals surface area contributed by atoms with Crippen molar-refractivity contribution < 1.29 is 4.74 Å². The Kier molecular flexibility index (Phi) is 5.02. The molecule has 0 radical (unpaired) electrons. The summed E-state index contributed by atoms with van der Waals surface area (Å²) < 4.78 is 5.25. The van der Waals surface area contributed by atoms with Crippen LogP contribution in [0.2, 0.25) is 5.02 Å². The first-order valence-electron chi connectivity index (χ1n) is 6.45. The number of ether oxygens (including phenoxy) is 1. The summed E-state index contributed by atoms with van der Waals surface area (Å²) in [5.74, 6) is 0.574. The molecule has 1 aromatic rings. The molecule has 0 aromatic heterocycles. The topological polar surface area (TPSA) is 38.5 Å². The molecular formula is C14H19ClN2OS. The fourth-order valence-electron chi connectivity index (χ4n) is 2.57. The highest BCUT2D eigenvalue weighted by molar-refractivity contribution is 7.80. The van der Waals surface area contributed by atoms with Crippen LogP contribution in [0.4, 0.5) is 5.69 Å². The van der Waals surface area contributed by atoms with Gasteiger partial charge in [0.15, 0.2) is 0 Å². The average Bonchev–Trinajstić information content (AvgIpc) is 2.39. The summed E-state index contributed by atoms with van der Waals surface area (Å²) in [5, 5.41) is 0.711. The third kappa shape index (κ3) is 3.59. The average molecular weight is 299 g/mol. The second-order valence-corrected chi connectivity index (χ2v) is 5.79. The minimum absolute atomic E-state index is 0.379. The maximum atomic E-state index is 6.34. The first-order valence-corrected chi connectivity index (χ1v) is 7.23. The fraction of sp³-hybridized carbons (Fsp3) is 0.500. The summed E-state index contributed by atoms with van der Waals surface area (Å²) in [4.78, 5) is 2.70. The molecule has 0 spiro atoms. The highest BCUT2D eigenvalue weighted by Gasteiger charge is 2.21. The van der Waals surface area contributed by atoms with Crippen molar-refractivity contribution >= 4 is 34.5 Å². The first-order chi connectivity index (χ1) is 9.11. The zero-order valence-electron chi connectivity index (χ0n) is 11.1. The van der Waals surface area contributed by atoms with Crippen LogP contribution in [0, 0.1) is 5.92 Å². The molecule has 1 aliphatic heterocycles. The first kappa shape index (κ1) is 14.6. The van der Waals surface area contributed by atoms with E-state index in [4.69, 9.17) is 34.3 Å². The Labute approximate surface area is 124 Å². The molecule has 0 bridgehead atoms. The van der Waals surface area contributed by atoms with Gasteiger partial charge in [-0.05, 0) is 37.0 Å². The maximum Gasteiger partial charge on any atom is 0.104 e. The summed E-state index contributed by atoms with van der Waals surface area (Å²) in [6.07, 6.45) is 2.38. The Morgan fingerprint density at radius 1 is 1.58 bits per heavy atom. The van der Waals surface area contributed by atoms with Crippen LogP contribution in [-0.2, 0) is 4.74 Å². The minimum Gasteiger partial charge on any atom is -0.389 e. The molecule has 1 aliphatic rings. The molecule has 2 N–H and O–H groups in total. The molecule has 0 saturated carbocycles. The molecule has 19 heavy (non-hydrogen) atoms. The molecule has 1 saturated heterocycles. The molecule has 1 heterocycles. The number of methoxy groups -OCH3 is 1. The van der Waals surface area contributed by atoms with Gasteiger partial charge in [-0.1, -0.05) is 23.8 Å². The van der Waals surface area contributed by atoms with E-state index in [1.165, 1.54) is 12.8 Å². The van der Waals surface area contributed by atoms with Gasteiger partial charge in [-0.2, -0.15) is 0 Å². The van der Waals surface area contributed by atoms with E-state index in [1.54, 1.807) is 7.11 Å². The summed E-state index contributed by atoms with van der Waals surface area (Å²) in [6.45, 7) is 2.82. The Morgan fingerprint density at radius 2 is 2.37 bits per heavy atom. The van der Waals surface area contributed by atoms with Crippen LogP contribution in [0.1, 0.15) is 18.4 Å². The lowest BCUT2D eigenvalue weighted by Gasteiger charge is -2.34. The normalized spacial score (nSPS) is 19.5. The van der Waals surface area contributed by atoms with Crippen LogP contribution in [0.25, 0.3) is 0 Å². The van der Waals surface area contributed by atoms with E-state index in [0.717, 1.165) is 30.9 Å². The number of hydrogen-bond acceptors (Lipinski definition) is 3. The second kappa shape index (κ2) is 6.55. The van der Waals surface area contributed by atoms with E-state index in [9.17, 15) is 0 Å². The Balaban J connectivity index is 2.15. The SMILES string of the molecule is COCC1CCCN(c2ccc(C(N)=S)cc2Cl)C1. The van der Waals surface area contributed by atoms with Gasteiger partial charge in [0, 0.05) is 25.8 Å². The van der Waals surface area contributed by atoms with Crippen LogP contribution in [-0.4, -0.2) is 31.8 Å². The highest BCUT2D eigenvalue weighted by Crippen LogP contribution is 2.30. The maximum absolute atomic E-state index is 6.34. The van der Waals surface area contributed by atoms with Crippen molar-refractivity contribution in [2.75, 3.05) is 31.7 Å². The summed E-state index contributed by atoms with van der Waals surface area (Å²) >= 11 is 11.3. The quantitative estimate of drug-likeness (QED) is 0.868. The van der Waals surface area contributed by atoms with Gasteiger partial charge in [0.05, 0.1) is 17.3 Å². The summed E-state index contributed by atoms with van der Waals surface area (Å²) in [6, 6.07) is 5.79. The predicted octanol–water partition coefficient (Wildman–Crippen LogP) is 2.84. The second-order valence-electron chi connectivity index (χ2n) is 4.94. The van der Waals surface area contributed by atoms with Gasteiger partial charge >= 0.3 is 0 Å². The zero-order valence-corrected chi connectivity index (χ0v) is 12.6. The number of piperidine rings is 1. The molecule has 1 unspecified atom stereocenters. The van der Waals surface area contributed by atoms with Crippen molar-refractivity contribution in [2.24, 2.45) is 11.7 Å². The van der Waals surface area contributed by atoms with Gasteiger partial charge in [-0.25, -0.2) is 0 Å². The number of rotatable bonds is 4. The smallest absolute Gasteiger partial charge is 0.104 e. The van der Waals surface area contributed by atoms with E-state index in [2.05, 4.69) is 4.90 Å². The van der Waals surface area contributed by atoms with Crippen LogP contribution in [0.3, 0.4) is 0 Å². The summed E-state index contributed by atoms with van der Waals surface area (Å²) in [5.41, 5.74) is 7.49. The van der Waals surface area contributed by atoms with E-state index in [-0.39, 0.29) is 0 Å². The van der Waals surface area contributed by atoms with Crippen LogP contribution >= 0.6 is 23.8 Å². The van der Waals surface area contributed by atoms with Crippen LogP contribution in [0.15, 0.2) is 18.2 Å². The number of anilines is 1. The molecule has 1 aromatic carbocycles. The minimum atomic E-state index is 0.379. The van der Waals surface area contributed by atoms with Gasteiger partial charge < -0.3 is 15.4 Å². The highest BCUT2D eigenvalue weighted by atomic mass is 35.5. The van der Waals surface area contributed by atoms with Crippen LogP contribution < -0.4 is 10.6 Å². The number of hydrogen-bond donors (Lipinski definition) is 1. The zero-order chi connectivity index (χ0) is 13.8. The van der Waals surface area contributed by atoms with Gasteiger partial charge in [0.25, 0.3) is 0 Å². The number of halogens is 1. The van der Waals surface area contributed by atoms with Crippen molar-refractivity contribution in [3.05, 3.63) is 28.8 Å². The largest absolute Gasteiger partial charge is 0.389 e. The van der Waals surface area contributed by atoms with Gasteiger partial charge in [0.2, 0.25) is 0 Å². The lowest BCUT2D eigenvalue weighted by molar-refractivity contribution is 0.143. The van der Waals surface area contributed by atoms with Gasteiger partial charge in [-0.15, -0.1) is 0 Å². The van der Waals surface area contributed by atoms with Crippen molar-refractivity contribution in [2.45, 2.75) is 12.8 Å². The van der Waals surface area contributed by atoms with E-state index in [0.29, 0.717) is 15.9 Å². The van der Waals surface area contributed by atoms with Gasteiger partial charge in [-0.3, -0.25) is 0 Å². The molecule has 1 fully saturated rings. The summed E-state index contributed by atoms with van der Waals surface area (Å²) in [7, 11) is 1.75. The van der Waals surface area contributed by atoms with E-state index >= 15 is 0 Å². The number of thiocarbonyl (C=S) groups is 1. The molecule has 0 aliphatic carbocycles. The number of nitrogens with zero attached hydrogens (tertiary/aromatic N) is 1. The molecule has 104 valence electrons. The number of nitrogens with two attached hydrogens (primary N) is 1. The predicted molar refractivity (Wildman–Crippen MR) is 84.2 cm³/mol.